The van der Waals surface area contributed by atoms with Crippen LogP contribution in [0.25, 0.3) is 11.3 Å². The Balaban J connectivity index is 1.32. The van der Waals surface area contributed by atoms with Crippen molar-refractivity contribution in [1.82, 2.24) is 20.4 Å². The third-order valence-electron chi connectivity index (χ3n) is 6.74. The van der Waals surface area contributed by atoms with Gasteiger partial charge in [-0.3, -0.25) is 14.7 Å². The van der Waals surface area contributed by atoms with Crippen molar-refractivity contribution in [2.24, 2.45) is 0 Å². The molecule has 1 saturated heterocycles. The molecule has 1 aliphatic heterocycles. The van der Waals surface area contributed by atoms with Crippen LogP contribution in [0.15, 0.2) is 60.7 Å². The first-order valence-electron chi connectivity index (χ1n) is 10.9. The van der Waals surface area contributed by atoms with Crippen LogP contribution in [0.2, 0.25) is 0 Å². The zero-order valence-corrected chi connectivity index (χ0v) is 18.6. The van der Waals surface area contributed by atoms with E-state index in [1.54, 1.807) is 37.3 Å². The molecule has 8 nitrogen and oxygen atoms in total. The number of aromatic nitrogens is 2. The van der Waals surface area contributed by atoms with Crippen LogP contribution < -0.4 is 10.1 Å². The number of likely N-dealkylation sites (tertiary alicyclic amines) is 1. The van der Waals surface area contributed by atoms with Gasteiger partial charge in [-0.05, 0) is 43.2 Å². The average molecular weight is 447 g/mol. The van der Waals surface area contributed by atoms with Crippen molar-refractivity contribution in [2.45, 2.75) is 24.0 Å². The molecular formula is C25H26N4O4. The van der Waals surface area contributed by atoms with Gasteiger partial charge in [0.05, 0.1) is 18.4 Å². The molecule has 8 heteroatoms. The number of methoxy groups -OCH3 is 2. The molecule has 2 amide bonds. The monoisotopic (exact) mass is 446 g/mol. The van der Waals surface area contributed by atoms with Crippen LogP contribution in [0.3, 0.4) is 0 Å². The van der Waals surface area contributed by atoms with Crippen LogP contribution >= 0.6 is 0 Å². The summed E-state index contributed by atoms with van der Waals surface area (Å²) in [5.74, 6) is 0.403. The Labute approximate surface area is 191 Å². The normalized spacial score (nSPS) is 17.7. The van der Waals surface area contributed by atoms with Crippen LogP contribution in [0.5, 0.6) is 5.75 Å². The first kappa shape index (κ1) is 21.2. The number of benzene rings is 2. The fourth-order valence-electron chi connectivity index (χ4n) is 4.63. The molecule has 1 aliphatic carbocycles. The van der Waals surface area contributed by atoms with Gasteiger partial charge in [-0.15, -0.1) is 0 Å². The lowest BCUT2D eigenvalue weighted by Gasteiger charge is -2.54. The van der Waals surface area contributed by atoms with E-state index >= 15 is 0 Å². The highest BCUT2D eigenvalue weighted by molar-refractivity contribution is 5.97. The van der Waals surface area contributed by atoms with Crippen molar-refractivity contribution < 1.29 is 19.1 Å². The Kier molecular flexibility index (Phi) is 5.17. The van der Waals surface area contributed by atoms with Gasteiger partial charge < -0.3 is 19.7 Å². The molecule has 33 heavy (non-hydrogen) atoms. The van der Waals surface area contributed by atoms with E-state index < -0.39 is 11.1 Å². The zero-order chi connectivity index (χ0) is 23.1. The molecule has 2 aliphatic rings. The van der Waals surface area contributed by atoms with Gasteiger partial charge in [0.2, 0.25) is 0 Å². The van der Waals surface area contributed by atoms with Crippen LogP contribution in [0, 0.1) is 0 Å². The minimum absolute atomic E-state index is 0.159. The van der Waals surface area contributed by atoms with Crippen molar-refractivity contribution in [2.75, 3.05) is 27.3 Å². The lowest BCUT2D eigenvalue weighted by atomic mass is 9.80. The molecule has 0 bridgehead atoms. The van der Waals surface area contributed by atoms with Gasteiger partial charge in [0, 0.05) is 31.3 Å². The van der Waals surface area contributed by atoms with Crippen molar-refractivity contribution in [1.29, 1.82) is 0 Å². The van der Waals surface area contributed by atoms with Crippen molar-refractivity contribution in [3.8, 4) is 17.0 Å². The van der Waals surface area contributed by atoms with Crippen molar-refractivity contribution in [3.05, 3.63) is 71.9 Å². The molecule has 2 aromatic carbocycles. The van der Waals surface area contributed by atoms with E-state index in [-0.39, 0.29) is 11.8 Å². The van der Waals surface area contributed by atoms with Gasteiger partial charge in [-0.1, -0.05) is 30.3 Å². The lowest BCUT2D eigenvalue weighted by Crippen LogP contribution is -2.77. The maximum Gasteiger partial charge on any atom is 0.272 e. The second-order valence-electron chi connectivity index (χ2n) is 8.66. The lowest BCUT2D eigenvalue weighted by molar-refractivity contribution is -0.0710. The summed E-state index contributed by atoms with van der Waals surface area (Å²) < 4.78 is 11.1. The Bertz CT molecular complexity index is 1180. The van der Waals surface area contributed by atoms with E-state index in [4.69, 9.17) is 9.47 Å². The predicted molar refractivity (Wildman–Crippen MR) is 122 cm³/mol. The average Bonchev–Trinajstić information content (AvgIpc) is 3.48. The van der Waals surface area contributed by atoms with E-state index in [2.05, 4.69) is 15.5 Å². The number of carbonyl (C=O) groups is 2. The first-order valence-corrected chi connectivity index (χ1v) is 10.9. The fourth-order valence-corrected chi connectivity index (χ4v) is 4.63. The van der Waals surface area contributed by atoms with Gasteiger partial charge in [0.25, 0.3) is 11.8 Å². The summed E-state index contributed by atoms with van der Waals surface area (Å²) >= 11 is 0. The number of ether oxygens (including phenoxy) is 2. The number of rotatable bonds is 7. The Hall–Kier alpha value is -3.65. The molecule has 0 spiro atoms. The highest BCUT2D eigenvalue weighted by Crippen LogP contribution is 2.52. The molecule has 2 heterocycles. The summed E-state index contributed by atoms with van der Waals surface area (Å²) in [4.78, 5) is 27.8. The molecule has 0 atom stereocenters. The number of hydrogen-bond donors (Lipinski definition) is 2. The molecule has 2 N–H and O–H groups in total. The largest absolute Gasteiger partial charge is 0.497 e. The standard InChI is InChI=1S/C25H26N4O4/c1-32-19-10-6-9-18(13-19)20-14-21(28-27-20)23(31)29-15-24(16-29,25(33-2)11-12-25)26-22(30)17-7-4-3-5-8-17/h3-10,13-14H,11-12,15-16H2,1-2H3,(H,26,30)(H,27,28). The Morgan fingerprint density at radius 3 is 2.45 bits per heavy atom. The predicted octanol–water partition coefficient (Wildman–Crippen LogP) is 2.89. The molecule has 0 unspecified atom stereocenters. The molecule has 1 saturated carbocycles. The van der Waals surface area contributed by atoms with Crippen LogP contribution in [-0.2, 0) is 4.74 Å². The third kappa shape index (κ3) is 3.66. The summed E-state index contributed by atoms with van der Waals surface area (Å²) in [7, 11) is 3.28. The minimum atomic E-state index is -0.611. The molecule has 1 aromatic heterocycles. The van der Waals surface area contributed by atoms with Gasteiger partial charge in [0.1, 0.15) is 17.0 Å². The number of nitrogens with zero attached hydrogens (tertiary/aromatic N) is 2. The van der Waals surface area contributed by atoms with E-state index in [9.17, 15) is 9.59 Å². The van der Waals surface area contributed by atoms with Gasteiger partial charge in [-0.25, -0.2) is 0 Å². The fraction of sp³-hybridized carbons (Fsp3) is 0.320. The summed E-state index contributed by atoms with van der Waals surface area (Å²) in [5, 5.41) is 10.3. The van der Waals surface area contributed by atoms with Crippen LogP contribution in [-0.4, -0.2) is 65.4 Å². The van der Waals surface area contributed by atoms with Crippen molar-refractivity contribution in [3.63, 3.8) is 0 Å². The molecular weight excluding hydrogens is 420 g/mol. The van der Waals surface area contributed by atoms with Crippen LogP contribution in [0.4, 0.5) is 0 Å². The summed E-state index contributed by atoms with van der Waals surface area (Å²) in [6, 6.07) is 18.4. The van der Waals surface area contributed by atoms with Crippen molar-refractivity contribution >= 4 is 11.8 Å². The molecule has 5 rings (SSSR count). The highest BCUT2D eigenvalue weighted by Gasteiger charge is 2.66. The quantitative estimate of drug-likeness (QED) is 0.582. The third-order valence-corrected chi connectivity index (χ3v) is 6.74. The minimum Gasteiger partial charge on any atom is -0.497 e. The smallest absolute Gasteiger partial charge is 0.272 e. The number of aromatic amines is 1. The second kappa shape index (κ2) is 8.04. The first-order chi connectivity index (χ1) is 16.0. The second-order valence-corrected chi connectivity index (χ2v) is 8.66. The summed E-state index contributed by atoms with van der Waals surface area (Å²) in [6.07, 6.45) is 1.70. The molecule has 170 valence electrons. The highest BCUT2D eigenvalue weighted by atomic mass is 16.5. The number of H-pyrrole nitrogens is 1. The maximum atomic E-state index is 13.2. The number of hydrogen-bond acceptors (Lipinski definition) is 5. The Morgan fingerprint density at radius 2 is 1.79 bits per heavy atom. The number of carbonyl (C=O) groups excluding carboxylic acids is 2. The Morgan fingerprint density at radius 1 is 1.03 bits per heavy atom. The van der Waals surface area contributed by atoms with Crippen LogP contribution in [0.1, 0.15) is 33.7 Å². The summed E-state index contributed by atoms with van der Waals surface area (Å²) in [5.41, 5.74) is 1.46. The molecule has 2 fully saturated rings. The number of amides is 2. The maximum absolute atomic E-state index is 13.2. The topological polar surface area (TPSA) is 96.5 Å². The zero-order valence-electron chi connectivity index (χ0n) is 18.6. The van der Waals surface area contributed by atoms with Gasteiger partial charge >= 0.3 is 0 Å². The number of nitrogens with one attached hydrogen (secondary N) is 2. The summed E-state index contributed by atoms with van der Waals surface area (Å²) in [6.45, 7) is 0.761. The van der Waals surface area contributed by atoms with E-state index in [0.717, 1.165) is 24.2 Å². The SMILES string of the molecule is COc1cccc(-c2cc(C(=O)N3CC(NC(=O)c4ccccc4)(C4(OC)CC4)C3)[nH]n2)c1. The molecule has 0 radical (unpaired) electrons. The van der Waals surface area contributed by atoms with E-state index in [0.29, 0.717) is 30.0 Å². The molecule has 3 aromatic rings. The van der Waals surface area contributed by atoms with Gasteiger partial charge in [-0.2, -0.15) is 5.10 Å². The van der Waals surface area contributed by atoms with E-state index in [1.807, 2.05) is 42.5 Å². The van der Waals surface area contributed by atoms with E-state index in [1.165, 1.54) is 0 Å². The van der Waals surface area contributed by atoms with Gasteiger partial charge in [0.15, 0.2) is 0 Å².